The highest BCUT2D eigenvalue weighted by atomic mass is 79.9. The van der Waals surface area contributed by atoms with Crippen LogP contribution in [0.15, 0.2) is 34.8 Å². The SMILES string of the molecule is CCCCN(C)C(=O)C1CCN(C(=O)c2cc(C)n(-c3cccc(Br)c3)c2C)CC1. The van der Waals surface area contributed by atoms with Crippen LogP contribution < -0.4 is 0 Å². The summed E-state index contributed by atoms with van der Waals surface area (Å²) < 4.78 is 3.13. The van der Waals surface area contributed by atoms with Crippen molar-refractivity contribution in [2.24, 2.45) is 5.92 Å². The van der Waals surface area contributed by atoms with Crippen LogP contribution in [0.3, 0.4) is 0 Å². The van der Waals surface area contributed by atoms with Crippen LogP contribution >= 0.6 is 15.9 Å². The Hall–Kier alpha value is -2.08. The van der Waals surface area contributed by atoms with Crippen molar-refractivity contribution in [1.29, 1.82) is 0 Å². The van der Waals surface area contributed by atoms with E-state index >= 15 is 0 Å². The normalized spacial score (nSPS) is 14.8. The molecule has 0 atom stereocenters. The van der Waals surface area contributed by atoms with Gasteiger partial charge < -0.3 is 14.4 Å². The fourth-order valence-corrected chi connectivity index (χ4v) is 4.70. The number of aromatic nitrogens is 1. The fraction of sp³-hybridized carbons (Fsp3) is 0.500. The molecule has 1 aromatic carbocycles. The average Bonchev–Trinajstić information content (AvgIpc) is 3.04. The number of hydrogen-bond donors (Lipinski definition) is 0. The van der Waals surface area contributed by atoms with Gasteiger partial charge in [0.05, 0.1) is 5.56 Å². The summed E-state index contributed by atoms with van der Waals surface area (Å²) in [6, 6.07) is 10.1. The van der Waals surface area contributed by atoms with Gasteiger partial charge in [-0.05, 0) is 57.4 Å². The van der Waals surface area contributed by atoms with Gasteiger partial charge in [-0.2, -0.15) is 0 Å². The van der Waals surface area contributed by atoms with E-state index in [9.17, 15) is 9.59 Å². The molecule has 0 N–H and O–H groups in total. The number of unbranched alkanes of at least 4 members (excludes halogenated alkanes) is 1. The molecule has 6 heteroatoms. The number of rotatable bonds is 6. The first-order valence-electron chi connectivity index (χ1n) is 10.8. The van der Waals surface area contributed by atoms with Crippen LogP contribution in [0.2, 0.25) is 0 Å². The molecule has 2 amide bonds. The number of carbonyl (C=O) groups is 2. The Bertz CT molecular complexity index is 913. The van der Waals surface area contributed by atoms with Crippen molar-refractivity contribution in [1.82, 2.24) is 14.4 Å². The number of piperidine rings is 1. The molecule has 2 aromatic rings. The lowest BCUT2D eigenvalue weighted by molar-refractivity contribution is -0.135. The summed E-state index contributed by atoms with van der Waals surface area (Å²) in [4.78, 5) is 29.7. The van der Waals surface area contributed by atoms with E-state index in [-0.39, 0.29) is 17.7 Å². The molecule has 2 heterocycles. The summed E-state index contributed by atoms with van der Waals surface area (Å²) in [5, 5.41) is 0. The minimum atomic E-state index is 0.0324. The summed E-state index contributed by atoms with van der Waals surface area (Å²) in [6.07, 6.45) is 3.60. The molecule has 0 unspecified atom stereocenters. The number of carbonyl (C=O) groups excluding carboxylic acids is 2. The van der Waals surface area contributed by atoms with E-state index in [4.69, 9.17) is 0 Å². The minimum Gasteiger partial charge on any atom is -0.346 e. The number of aryl methyl sites for hydroxylation is 1. The Morgan fingerprint density at radius 1 is 1.17 bits per heavy atom. The second-order valence-electron chi connectivity index (χ2n) is 8.28. The Morgan fingerprint density at radius 3 is 2.50 bits per heavy atom. The molecule has 5 nitrogen and oxygen atoms in total. The van der Waals surface area contributed by atoms with Gasteiger partial charge in [-0.3, -0.25) is 9.59 Å². The third-order valence-electron chi connectivity index (χ3n) is 6.08. The van der Waals surface area contributed by atoms with Crippen LogP contribution in [-0.4, -0.2) is 52.9 Å². The summed E-state index contributed by atoms with van der Waals surface area (Å²) >= 11 is 3.53. The number of hydrogen-bond acceptors (Lipinski definition) is 2. The Balaban J connectivity index is 1.69. The molecule has 0 radical (unpaired) electrons. The first-order valence-corrected chi connectivity index (χ1v) is 11.6. The van der Waals surface area contributed by atoms with Gasteiger partial charge in [0.1, 0.15) is 0 Å². The van der Waals surface area contributed by atoms with Crippen molar-refractivity contribution in [2.75, 3.05) is 26.7 Å². The highest BCUT2D eigenvalue weighted by Crippen LogP contribution is 2.26. The summed E-state index contributed by atoms with van der Waals surface area (Å²) in [5.41, 5.74) is 3.78. The number of amides is 2. The van der Waals surface area contributed by atoms with Gasteiger partial charge in [0.15, 0.2) is 0 Å². The summed E-state index contributed by atoms with van der Waals surface area (Å²) in [6.45, 7) is 8.25. The van der Waals surface area contributed by atoms with Gasteiger partial charge in [-0.15, -0.1) is 0 Å². The summed E-state index contributed by atoms with van der Waals surface area (Å²) in [5.74, 6) is 0.322. The predicted molar refractivity (Wildman–Crippen MR) is 124 cm³/mol. The van der Waals surface area contributed by atoms with Gasteiger partial charge >= 0.3 is 0 Å². The molecular formula is C24H32BrN3O2. The molecule has 30 heavy (non-hydrogen) atoms. The second kappa shape index (κ2) is 9.82. The largest absolute Gasteiger partial charge is 0.346 e. The molecule has 162 valence electrons. The van der Waals surface area contributed by atoms with Crippen LogP contribution in [0.25, 0.3) is 5.69 Å². The Morgan fingerprint density at radius 2 is 1.87 bits per heavy atom. The molecular weight excluding hydrogens is 442 g/mol. The van der Waals surface area contributed by atoms with Crippen molar-refractivity contribution >= 4 is 27.7 Å². The standard InChI is InChI=1S/C24H32BrN3O2/c1-5-6-12-26(4)23(29)19-10-13-27(14-11-19)24(30)22-15-17(2)28(18(22)3)21-9-7-8-20(25)16-21/h7-9,15-16,19H,5-6,10-14H2,1-4H3. The van der Waals surface area contributed by atoms with Crippen LogP contribution in [0, 0.1) is 19.8 Å². The summed E-state index contributed by atoms with van der Waals surface area (Å²) in [7, 11) is 1.90. The lowest BCUT2D eigenvalue weighted by Crippen LogP contribution is -2.43. The van der Waals surface area contributed by atoms with Crippen LogP contribution in [0.5, 0.6) is 0 Å². The maximum atomic E-state index is 13.2. The molecule has 0 spiro atoms. The molecule has 1 aliphatic rings. The van der Waals surface area contributed by atoms with Gasteiger partial charge in [0.2, 0.25) is 5.91 Å². The van der Waals surface area contributed by atoms with Gasteiger partial charge in [-0.25, -0.2) is 0 Å². The third kappa shape index (κ3) is 4.80. The second-order valence-corrected chi connectivity index (χ2v) is 9.20. The molecule has 0 saturated carbocycles. The van der Waals surface area contributed by atoms with E-state index in [2.05, 4.69) is 33.5 Å². The van der Waals surface area contributed by atoms with E-state index in [0.29, 0.717) is 13.1 Å². The monoisotopic (exact) mass is 473 g/mol. The van der Waals surface area contributed by atoms with Crippen molar-refractivity contribution in [3.8, 4) is 5.69 Å². The fourth-order valence-electron chi connectivity index (χ4n) is 4.31. The number of likely N-dealkylation sites (tertiary alicyclic amines) is 1. The van der Waals surface area contributed by atoms with Crippen LogP contribution in [0.4, 0.5) is 0 Å². The molecule has 0 bridgehead atoms. The van der Waals surface area contributed by atoms with Crippen molar-refractivity contribution in [3.05, 3.63) is 51.8 Å². The molecule has 1 saturated heterocycles. The quantitative estimate of drug-likeness (QED) is 0.594. The maximum Gasteiger partial charge on any atom is 0.255 e. The number of benzene rings is 1. The van der Waals surface area contributed by atoms with Crippen LogP contribution in [0.1, 0.15) is 54.4 Å². The van der Waals surface area contributed by atoms with E-state index in [1.807, 2.05) is 55.0 Å². The molecule has 3 rings (SSSR count). The zero-order valence-corrected chi connectivity index (χ0v) is 20.0. The minimum absolute atomic E-state index is 0.0324. The number of nitrogens with zero attached hydrogens (tertiary/aromatic N) is 3. The first-order chi connectivity index (χ1) is 14.3. The van der Waals surface area contributed by atoms with Crippen molar-refractivity contribution in [2.45, 2.75) is 46.5 Å². The van der Waals surface area contributed by atoms with Gasteiger partial charge in [0, 0.05) is 54.1 Å². The molecule has 1 fully saturated rings. The van der Waals surface area contributed by atoms with Crippen molar-refractivity contribution in [3.63, 3.8) is 0 Å². The third-order valence-corrected chi connectivity index (χ3v) is 6.58. The lowest BCUT2D eigenvalue weighted by Gasteiger charge is -2.33. The molecule has 0 aliphatic carbocycles. The zero-order chi connectivity index (χ0) is 21.8. The van der Waals surface area contributed by atoms with E-state index < -0.39 is 0 Å². The molecule has 1 aliphatic heterocycles. The van der Waals surface area contributed by atoms with E-state index in [1.165, 1.54) is 0 Å². The van der Waals surface area contributed by atoms with Crippen molar-refractivity contribution < 1.29 is 9.59 Å². The van der Waals surface area contributed by atoms with Crippen LogP contribution in [-0.2, 0) is 4.79 Å². The van der Waals surface area contributed by atoms with E-state index in [0.717, 1.165) is 59.3 Å². The zero-order valence-electron chi connectivity index (χ0n) is 18.4. The lowest BCUT2D eigenvalue weighted by atomic mass is 9.94. The Kier molecular flexibility index (Phi) is 7.40. The Labute approximate surface area is 188 Å². The average molecular weight is 474 g/mol. The first kappa shape index (κ1) is 22.6. The maximum absolute atomic E-state index is 13.2. The molecule has 1 aromatic heterocycles. The smallest absolute Gasteiger partial charge is 0.255 e. The van der Waals surface area contributed by atoms with Gasteiger partial charge in [0.25, 0.3) is 5.91 Å². The predicted octanol–water partition coefficient (Wildman–Crippen LogP) is 4.97. The topological polar surface area (TPSA) is 45.6 Å². The number of halogens is 1. The highest BCUT2D eigenvalue weighted by molar-refractivity contribution is 9.10. The van der Waals surface area contributed by atoms with E-state index in [1.54, 1.807) is 0 Å². The highest BCUT2D eigenvalue weighted by Gasteiger charge is 2.30. The van der Waals surface area contributed by atoms with Gasteiger partial charge in [-0.1, -0.05) is 35.3 Å².